The first kappa shape index (κ1) is 29.5. The summed E-state index contributed by atoms with van der Waals surface area (Å²) in [6, 6.07) is 64.3. The molecule has 0 saturated heterocycles. The highest BCUT2D eigenvalue weighted by atomic mass is 15.2. The third-order valence-corrected chi connectivity index (χ3v) is 10.5. The maximum Gasteiger partial charge on any atom is 0.235 e. The maximum atomic E-state index is 5.29. The fourth-order valence-electron chi connectivity index (χ4n) is 8.11. The van der Waals surface area contributed by atoms with Gasteiger partial charge in [-0.3, -0.25) is 4.57 Å². The highest BCUT2D eigenvalue weighted by Gasteiger charge is 2.22. The third-order valence-electron chi connectivity index (χ3n) is 10.5. The van der Waals surface area contributed by atoms with Crippen molar-refractivity contribution in [1.29, 1.82) is 0 Å². The van der Waals surface area contributed by atoms with Gasteiger partial charge < -0.3 is 9.13 Å². The molecule has 53 heavy (non-hydrogen) atoms. The third kappa shape index (κ3) is 4.57. The van der Waals surface area contributed by atoms with Gasteiger partial charge in [-0.2, -0.15) is 0 Å². The molecule has 0 atom stereocenters. The van der Waals surface area contributed by atoms with Gasteiger partial charge in [0, 0.05) is 55.6 Å². The Hall–Kier alpha value is -7.24. The van der Waals surface area contributed by atoms with Gasteiger partial charge in [-0.15, -0.1) is 0 Å². The summed E-state index contributed by atoms with van der Waals surface area (Å²) in [7, 11) is 0. The van der Waals surface area contributed by atoms with Crippen LogP contribution in [0, 0.1) is 0 Å². The van der Waals surface area contributed by atoms with E-state index < -0.39 is 0 Å². The summed E-state index contributed by atoms with van der Waals surface area (Å²) in [5.41, 5.74) is 11.7. The Morgan fingerprint density at radius 1 is 0.340 bits per heavy atom. The minimum atomic E-state index is 0.639. The van der Waals surface area contributed by atoms with Gasteiger partial charge in [0.25, 0.3) is 0 Å². The molecule has 0 unspecified atom stereocenters. The quantitative estimate of drug-likeness (QED) is 0.182. The van der Waals surface area contributed by atoms with Crippen LogP contribution in [0.1, 0.15) is 0 Å². The minimum absolute atomic E-state index is 0.639. The molecule has 11 aromatic rings. The number of fused-ring (bicyclic) bond motifs is 8. The monoisotopic (exact) mass is 677 g/mol. The largest absolute Gasteiger partial charge is 0.316 e. The molecule has 4 heterocycles. The molecule has 0 amide bonds. The lowest BCUT2D eigenvalue weighted by molar-refractivity contribution is 0.995. The summed E-state index contributed by atoms with van der Waals surface area (Å²) in [5, 5.41) is 5.95. The van der Waals surface area contributed by atoms with Crippen LogP contribution in [0.3, 0.4) is 0 Å². The lowest BCUT2D eigenvalue weighted by Gasteiger charge is -2.12. The van der Waals surface area contributed by atoms with Crippen LogP contribution in [-0.2, 0) is 0 Å². The molecule has 0 aliphatic rings. The second-order valence-corrected chi connectivity index (χ2v) is 13.5. The van der Waals surface area contributed by atoms with Crippen molar-refractivity contribution >= 4 is 54.5 Å². The van der Waals surface area contributed by atoms with Crippen molar-refractivity contribution in [3.8, 4) is 39.8 Å². The van der Waals surface area contributed by atoms with E-state index >= 15 is 0 Å². The standard InChI is InChI=1S/C48H31N5/c1-5-15-32(16-6-1)41-30-42(33-17-7-2-8-18-33)50-48(49-41)53-44-24-14-13-23-36(44)39-29-40-37-25-26-43-38(27-28-51(43)34-19-9-3-10-20-34)47(37)52(45(40)31-46(39)53)35-21-11-4-12-22-35/h1-31H. The van der Waals surface area contributed by atoms with E-state index in [9.17, 15) is 0 Å². The fourth-order valence-corrected chi connectivity index (χ4v) is 8.11. The van der Waals surface area contributed by atoms with Crippen LogP contribution in [0.5, 0.6) is 0 Å². The summed E-state index contributed by atoms with van der Waals surface area (Å²) in [4.78, 5) is 10.6. The average Bonchev–Trinajstić information content (AvgIpc) is 3.91. The van der Waals surface area contributed by atoms with Gasteiger partial charge in [-0.1, -0.05) is 121 Å². The van der Waals surface area contributed by atoms with Crippen LogP contribution in [0.4, 0.5) is 0 Å². The van der Waals surface area contributed by atoms with E-state index in [1.807, 2.05) is 12.1 Å². The smallest absolute Gasteiger partial charge is 0.235 e. The molecular weight excluding hydrogens is 647 g/mol. The van der Waals surface area contributed by atoms with E-state index in [0.29, 0.717) is 5.95 Å². The van der Waals surface area contributed by atoms with E-state index in [2.05, 4.69) is 190 Å². The predicted molar refractivity (Wildman–Crippen MR) is 218 cm³/mol. The van der Waals surface area contributed by atoms with Crippen molar-refractivity contribution in [3.05, 3.63) is 188 Å². The first-order valence-corrected chi connectivity index (χ1v) is 17.9. The minimum Gasteiger partial charge on any atom is -0.316 e. The molecule has 5 nitrogen and oxygen atoms in total. The molecule has 0 spiro atoms. The van der Waals surface area contributed by atoms with Crippen molar-refractivity contribution in [2.75, 3.05) is 0 Å². The predicted octanol–water partition coefficient (Wildman–Crippen LogP) is 11.9. The first-order chi connectivity index (χ1) is 26.3. The van der Waals surface area contributed by atoms with Gasteiger partial charge in [0.2, 0.25) is 5.95 Å². The number of rotatable bonds is 5. The summed E-state index contributed by atoms with van der Waals surface area (Å²) < 4.78 is 6.96. The summed E-state index contributed by atoms with van der Waals surface area (Å²) >= 11 is 0. The first-order valence-electron chi connectivity index (χ1n) is 17.9. The Labute approximate surface area is 305 Å². The van der Waals surface area contributed by atoms with Crippen molar-refractivity contribution in [3.63, 3.8) is 0 Å². The van der Waals surface area contributed by atoms with E-state index in [1.165, 1.54) is 27.2 Å². The lowest BCUT2D eigenvalue weighted by atomic mass is 10.1. The molecule has 0 aliphatic carbocycles. The highest BCUT2D eigenvalue weighted by molar-refractivity contribution is 6.23. The maximum absolute atomic E-state index is 5.29. The second-order valence-electron chi connectivity index (χ2n) is 13.5. The van der Waals surface area contributed by atoms with Crippen LogP contribution < -0.4 is 0 Å². The van der Waals surface area contributed by atoms with Gasteiger partial charge in [-0.25, -0.2) is 9.97 Å². The summed E-state index contributed by atoms with van der Waals surface area (Å²) in [5.74, 6) is 0.639. The molecule has 0 aliphatic heterocycles. The number of para-hydroxylation sites is 3. The molecule has 0 saturated carbocycles. The zero-order valence-electron chi connectivity index (χ0n) is 28.6. The molecule has 5 heteroatoms. The van der Waals surface area contributed by atoms with Gasteiger partial charge in [0.1, 0.15) is 0 Å². The number of benzene rings is 7. The topological polar surface area (TPSA) is 40.6 Å². The van der Waals surface area contributed by atoms with E-state index in [0.717, 1.165) is 61.2 Å². The molecule has 11 rings (SSSR count). The molecule has 0 radical (unpaired) electrons. The Morgan fingerprint density at radius 3 is 1.58 bits per heavy atom. The number of hydrogen-bond acceptors (Lipinski definition) is 2. The molecule has 0 N–H and O–H groups in total. The fraction of sp³-hybridized carbons (Fsp3) is 0. The van der Waals surface area contributed by atoms with Crippen LogP contribution >= 0.6 is 0 Å². The average molecular weight is 678 g/mol. The van der Waals surface area contributed by atoms with Gasteiger partial charge in [-0.05, 0) is 60.7 Å². The van der Waals surface area contributed by atoms with Crippen LogP contribution in [-0.4, -0.2) is 23.7 Å². The van der Waals surface area contributed by atoms with Crippen LogP contribution in [0.15, 0.2) is 188 Å². The van der Waals surface area contributed by atoms with Gasteiger partial charge in [0.05, 0.1) is 39.0 Å². The molecule has 0 fully saturated rings. The highest BCUT2D eigenvalue weighted by Crippen LogP contribution is 2.42. The zero-order chi connectivity index (χ0) is 34.9. The van der Waals surface area contributed by atoms with Gasteiger partial charge >= 0.3 is 0 Å². The molecular formula is C48H31N5. The van der Waals surface area contributed by atoms with Crippen molar-refractivity contribution in [1.82, 2.24) is 23.7 Å². The lowest BCUT2D eigenvalue weighted by Crippen LogP contribution is -2.04. The number of nitrogens with zero attached hydrogens (tertiary/aromatic N) is 5. The van der Waals surface area contributed by atoms with E-state index in [1.54, 1.807) is 0 Å². The Morgan fingerprint density at radius 2 is 0.906 bits per heavy atom. The number of aromatic nitrogens is 5. The Bertz CT molecular complexity index is 3080. The van der Waals surface area contributed by atoms with Crippen LogP contribution in [0.2, 0.25) is 0 Å². The Balaban J connectivity index is 1.25. The second kappa shape index (κ2) is 11.7. The molecule has 7 aromatic carbocycles. The molecule has 4 aromatic heterocycles. The Kier molecular flexibility index (Phi) is 6.48. The van der Waals surface area contributed by atoms with Gasteiger partial charge in [0.15, 0.2) is 0 Å². The van der Waals surface area contributed by atoms with Crippen molar-refractivity contribution in [2.45, 2.75) is 0 Å². The van der Waals surface area contributed by atoms with E-state index in [4.69, 9.17) is 9.97 Å². The molecule has 248 valence electrons. The van der Waals surface area contributed by atoms with Crippen molar-refractivity contribution in [2.24, 2.45) is 0 Å². The summed E-state index contributed by atoms with van der Waals surface area (Å²) in [6.07, 6.45) is 2.19. The number of hydrogen-bond donors (Lipinski definition) is 0. The van der Waals surface area contributed by atoms with Crippen molar-refractivity contribution < 1.29 is 0 Å². The zero-order valence-corrected chi connectivity index (χ0v) is 28.6. The summed E-state index contributed by atoms with van der Waals surface area (Å²) in [6.45, 7) is 0. The molecule has 0 bridgehead atoms. The van der Waals surface area contributed by atoms with Crippen LogP contribution in [0.25, 0.3) is 94.4 Å². The normalized spacial score (nSPS) is 11.8. The SMILES string of the molecule is c1ccc(-c2cc(-c3ccccc3)nc(-n3c4ccccc4c4cc5c6ccc7c(ccn7-c7ccccc7)c6n(-c6ccccc6)c5cc43)n2)cc1. The van der Waals surface area contributed by atoms with E-state index in [-0.39, 0.29) is 0 Å².